The monoisotopic (exact) mass is 644 g/mol. The highest BCUT2D eigenvalue weighted by Crippen LogP contribution is 2.41. The average Bonchev–Trinajstić information content (AvgIpc) is 3.08. The van der Waals surface area contributed by atoms with Gasteiger partial charge in [-0.3, -0.25) is 10.2 Å². The average molecular weight is 645 g/mol. The van der Waals surface area contributed by atoms with E-state index in [1.807, 2.05) is 36.4 Å². The lowest BCUT2D eigenvalue weighted by Crippen LogP contribution is -2.15. The largest absolute Gasteiger partial charge is 0.482 e. The van der Waals surface area contributed by atoms with E-state index in [-0.39, 0.29) is 16.9 Å². The van der Waals surface area contributed by atoms with E-state index in [0.29, 0.717) is 45.5 Å². The Bertz CT molecular complexity index is 2050. The van der Waals surface area contributed by atoms with Crippen LogP contribution in [0.5, 0.6) is 5.75 Å². The predicted octanol–water partition coefficient (Wildman–Crippen LogP) is 7.04. The summed E-state index contributed by atoms with van der Waals surface area (Å²) in [4.78, 5) is 33.6. The van der Waals surface area contributed by atoms with Gasteiger partial charge in [-0.15, -0.1) is 10.2 Å². The van der Waals surface area contributed by atoms with Crippen molar-refractivity contribution in [2.75, 3.05) is 23.5 Å². The Morgan fingerprint density at radius 3 is 2.19 bits per heavy atom. The van der Waals surface area contributed by atoms with Gasteiger partial charge in [-0.25, -0.2) is 9.59 Å². The van der Waals surface area contributed by atoms with Gasteiger partial charge < -0.3 is 26.4 Å². The number of hydrogen-bond donors (Lipinski definition) is 5. The number of carbonyl (C=O) groups is 3. The van der Waals surface area contributed by atoms with E-state index in [4.69, 9.17) is 26.4 Å². The van der Waals surface area contributed by atoms with Crippen LogP contribution in [0.3, 0.4) is 0 Å². The summed E-state index contributed by atoms with van der Waals surface area (Å²) in [5.74, 6) is -2.66. The number of carboxylic acids is 2. The van der Waals surface area contributed by atoms with Gasteiger partial charge in [-0.2, -0.15) is 15.3 Å². The normalized spacial score (nSPS) is 13.6. The van der Waals surface area contributed by atoms with Gasteiger partial charge in [-0.1, -0.05) is 30.3 Å². The van der Waals surface area contributed by atoms with Crippen LogP contribution in [-0.2, 0) is 14.4 Å². The fourth-order valence-corrected chi connectivity index (χ4v) is 4.35. The molecule has 0 saturated carbocycles. The molecule has 14 nitrogen and oxygen atoms in total. The van der Waals surface area contributed by atoms with Crippen molar-refractivity contribution in [3.05, 3.63) is 108 Å². The van der Waals surface area contributed by atoms with E-state index in [0.717, 1.165) is 11.1 Å². The third kappa shape index (κ3) is 8.00. The molecule has 7 N–H and O–H groups in total. The molecule has 0 aliphatic heterocycles. The molecule has 48 heavy (non-hydrogen) atoms. The number of hydrazone groups is 1. The molecule has 0 heterocycles. The van der Waals surface area contributed by atoms with Gasteiger partial charge in [0.1, 0.15) is 22.7 Å². The first kappa shape index (κ1) is 32.4. The molecule has 0 unspecified atom stereocenters. The molecule has 0 aromatic heterocycles. The van der Waals surface area contributed by atoms with Crippen molar-refractivity contribution < 1.29 is 29.3 Å². The fraction of sp³-hybridized carbons (Fsp3) is 0.0588. The summed E-state index contributed by atoms with van der Waals surface area (Å²) in [5.41, 5.74) is 20.7. The van der Waals surface area contributed by atoms with Gasteiger partial charge in [-0.05, 0) is 84.3 Å². The highest BCUT2D eigenvalue weighted by molar-refractivity contribution is 6.29. The van der Waals surface area contributed by atoms with Gasteiger partial charge in [0.15, 0.2) is 12.4 Å². The summed E-state index contributed by atoms with van der Waals surface area (Å²) >= 11 is 0. The maximum atomic E-state index is 11.6. The highest BCUT2D eigenvalue weighted by atomic mass is 16.5. The molecule has 1 aliphatic rings. The number of allylic oxidation sites excluding steroid dienone is 3. The molecule has 4 aromatic carbocycles. The van der Waals surface area contributed by atoms with Crippen LogP contribution in [0.15, 0.2) is 128 Å². The zero-order chi connectivity index (χ0) is 34.2. The number of nitrogen functional groups attached to an aromatic ring is 2. The van der Waals surface area contributed by atoms with Crippen molar-refractivity contribution in [1.29, 1.82) is 0 Å². The lowest BCUT2D eigenvalue weighted by atomic mass is 10.0. The number of ether oxygens (including phenoxy) is 1. The van der Waals surface area contributed by atoms with Crippen molar-refractivity contribution in [1.82, 2.24) is 0 Å². The van der Waals surface area contributed by atoms with E-state index in [9.17, 15) is 14.4 Å². The minimum absolute atomic E-state index is 0.186. The molecule has 0 radical (unpaired) electrons. The first-order chi connectivity index (χ1) is 23.1. The Labute approximate surface area is 273 Å². The van der Waals surface area contributed by atoms with E-state index in [1.54, 1.807) is 43.3 Å². The van der Waals surface area contributed by atoms with Crippen LogP contribution in [0, 0.1) is 6.92 Å². The smallest absolute Gasteiger partial charge is 0.341 e. The first-order valence-electron chi connectivity index (χ1n) is 14.3. The number of carboxylic acid groups (broad SMARTS) is 2. The number of benzene rings is 4. The lowest BCUT2D eigenvalue weighted by molar-refractivity contribution is -0.139. The number of hydrogen-bond acceptors (Lipinski definition) is 12. The Kier molecular flexibility index (Phi) is 9.75. The maximum absolute atomic E-state index is 11.6. The third-order valence-electron chi connectivity index (χ3n) is 6.88. The molecule has 5 rings (SSSR count). The van der Waals surface area contributed by atoms with Crippen molar-refractivity contribution in [3.63, 3.8) is 0 Å². The van der Waals surface area contributed by atoms with Crippen LogP contribution in [-0.4, -0.2) is 40.3 Å². The number of nitrogens with one attached hydrogen (secondary N) is 1. The molecule has 0 amide bonds. The summed E-state index contributed by atoms with van der Waals surface area (Å²) in [5, 5.41) is 39.2. The summed E-state index contributed by atoms with van der Waals surface area (Å²) < 4.78 is 5.19. The second-order valence-electron chi connectivity index (χ2n) is 10.3. The number of aryl methyl sites for hydroxylation is 1. The minimum atomic E-state index is -1.31. The molecule has 0 bridgehead atoms. The van der Waals surface area contributed by atoms with Crippen LogP contribution in [0.25, 0.3) is 11.1 Å². The number of azo groups is 2. The fourth-order valence-electron chi connectivity index (χ4n) is 4.35. The number of nitrogens with zero attached hydrogens (tertiary/aromatic N) is 5. The Morgan fingerprint density at radius 1 is 0.812 bits per heavy atom. The van der Waals surface area contributed by atoms with Crippen molar-refractivity contribution in [2.45, 2.75) is 6.92 Å². The van der Waals surface area contributed by atoms with Gasteiger partial charge in [0.25, 0.3) is 0 Å². The van der Waals surface area contributed by atoms with Gasteiger partial charge >= 0.3 is 11.9 Å². The summed E-state index contributed by atoms with van der Waals surface area (Å²) in [6, 6.07) is 23.0. The van der Waals surface area contributed by atoms with Crippen molar-refractivity contribution in [3.8, 4) is 16.9 Å². The zero-order valence-corrected chi connectivity index (χ0v) is 25.4. The molecule has 4 aromatic rings. The number of nitrogens with two attached hydrogens (primary N) is 2. The number of carbonyl (C=O) groups excluding carboxylic acids is 1. The Morgan fingerprint density at radius 2 is 1.50 bits per heavy atom. The topological polar surface area (TPSA) is 227 Å². The summed E-state index contributed by atoms with van der Waals surface area (Å²) in [7, 11) is 0. The quantitative estimate of drug-likeness (QED) is 0.0370. The summed E-state index contributed by atoms with van der Waals surface area (Å²) in [6.07, 6.45) is 3.82. The summed E-state index contributed by atoms with van der Waals surface area (Å²) in [6.45, 7) is 1.30. The number of ketones is 1. The second kappa shape index (κ2) is 14.4. The SMILES string of the molecule is Cc1cc(N=Nc2ccc(-c3ccc(N/N=C4/C=CC(=O)C(C(=O)O)=C4)cc3)cc2)c(N)c(N=Nc2cccc(OCC(=O)O)c2)c1N. The zero-order valence-electron chi connectivity index (χ0n) is 25.4. The molecule has 240 valence electrons. The van der Waals surface area contributed by atoms with Crippen LogP contribution in [0.1, 0.15) is 5.56 Å². The van der Waals surface area contributed by atoms with E-state index >= 15 is 0 Å². The second-order valence-corrected chi connectivity index (χ2v) is 10.3. The van der Waals surface area contributed by atoms with Crippen molar-refractivity contribution in [2.24, 2.45) is 25.6 Å². The molecular weight excluding hydrogens is 616 g/mol. The minimum Gasteiger partial charge on any atom is -0.482 e. The van der Waals surface area contributed by atoms with Crippen LogP contribution >= 0.6 is 0 Å². The molecule has 0 fully saturated rings. The standard InChI is InChI=1S/C34H28N8O6/c1-19-15-28(32(36)33(31(19)35)42-40-24-3-2-4-26(16-24)48-18-30(44)45)41-38-23-11-7-21(8-12-23)20-5-9-22(10-6-20)37-39-25-13-14-29(43)27(17-25)34(46)47/h2-17,37H,18,35-36H2,1H3,(H,44,45)(H,46,47)/b39-25-,41-38?,42-40?. The molecule has 0 saturated heterocycles. The van der Waals surface area contributed by atoms with E-state index in [1.165, 1.54) is 24.3 Å². The van der Waals surface area contributed by atoms with E-state index < -0.39 is 24.3 Å². The van der Waals surface area contributed by atoms with Crippen molar-refractivity contribution >= 4 is 63.2 Å². The van der Waals surface area contributed by atoms with Crippen LogP contribution < -0.4 is 21.6 Å². The van der Waals surface area contributed by atoms with Gasteiger partial charge in [0.2, 0.25) is 0 Å². The first-order valence-corrected chi connectivity index (χ1v) is 14.3. The maximum Gasteiger partial charge on any atom is 0.341 e. The molecule has 1 aliphatic carbocycles. The number of rotatable bonds is 11. The van der Waals surface area contributed by atoms with Crippen LogP contribution in [0.4, 0.5) is 39.8 Å². The molecule has 14 heteroatoms. The Balaban J connectivity index is 1.26. The number of aliphatic carboxylic acids is 2. The van der Waals surface area contributed by atoms with Gasteiger partial charge in [0.05, 0.1) is 34.1 Å². The Hall–Kier alpha value is -6.96. The van der Waals surface area contributed by atoms with Crippen LogP contribution in [0.2, 0.25) is 0 Å². The third-order valence-corrected chi connectivity index (χ3v) is 6.88. The molecular formula is C34H28N8O6. The van der Waals surface area contributed by atoms with Gasteiger partial charge in [0, 0.05) is 6.07 Å². The lowest BCUT2D eigenvalue weighted by Gasteiger charge is -2.09. The number of anilines is 3. The molecule has 0 atom stereocenters. The highest BCUT2D eigenvalue weighted by Gasteiger charge is 2.19. The molecule has 0 spiro atoms. The van der Waals surface area contributed by atoms with E-state index in [2.05, 4.69) is 31.0 Å². The predicted molar refractivity (Wildman–Crippen MR) is 181 cm³/mol.